The topological polar surface area (TPSA) is 51.7 Å². The lowest BCUT2D eigenvalue weighted by Crippen LogP contribution is -2.41. The molecule has 0 bridgehead atoms. The average Bonchev–Trinajstić information content (AvgIpc) is 3.17. The molecule has 0 saturated heterocycles. The first kappa shape index (κ1) is 18.3. The second-order valence-corrected chi connectivity index (χ2v) is 8.22. The van der Waals surface area contributed by atoms with Gasteiger partial charge in [-0.05, 0) is 43.9 Å². The lowest BCUT2D eigenvalue weighted by Gasteiger charge is -2.29. The van der Waals surface area contributed by atoms with Gasteiger partial charge in [0.15, 0.2) is 11.5 Å². The molecule has 1 aromatic heterocycles. The second-order valence-electron chi connectivity index (χ2n) is 7.36. The molecule has 2 aromatic rings. The summed E-state index contributed by atoms with van der Waals surface area (Å²) < 4.78 is 10.7. The van der Waals surface area contributed by atoms with Crippen LogP contribution in [0.1, 0.15) is 44.2 Å². The summed E-state index contributed by atoms with van der Waals surface area (Å²) in [6.07, 6.45) is 7.55. The summed E-state index contributed by atoms with van der Waals surface area (Å²) in [5, 5.41) is 2.90. The maximum Gasteiger partial charge on any atom is 0.229 e. The summed E-state index contributed by atoms with van der Waals surface area (Å²) in [4.78, 5) is 19.9. The van der Waals surface area contributed by atoms with E-state index in [0.29, 0.717) is 30.0 Å². The monoisotopic (exact) mass is 386 g/mol. The highest BCUT2D eigenvalue weighted by atomic mass is 32.1. The zero-order valence-corrected chi connectivity index (χ0v) is 16.8. The smallest absolute Gasteiger partial charge is 0.229 e. The maximum absolute atomic E-state index is 13.0. The van der Waals surface area contributed by atoms with Gasteiger partial charge in [0.05, 0.1) is 26.3 Å². The van der Waals surface area contributed by atoms with Crippen LogP contribution in [0, 0.1) is 0 Å². The second kappa shape index (κ2) is 7.89. The molecule has 0 radical (unpaired) electrons. The fourth-order valence-corrected chi connectivity index (χ4v) is 4.79. The van der Waals surface area contributed by atoms with E-state index in [2.05, 4.69) is 4.90 Å². The Morgan fingerprint density at radius 3 is 2.48 bits per heavy atom. The van der Waals surface area contributed by atoms with Gasteiger partial charge in [0.1, 0.15) is 5.01 Å². The van der Waals surface area contributed by atoms with E-state index in [1.807, 2.05) is 23.6 Å². The number of methoxy groups -OCH3 is 2. The van der Waals surface area contributed by atoms with Gasteiger partial charge < -0.3 is 14.4 Å². The van der Waals surface area contributed by atoms with Crippen molar-refractivity contribution in [1.82, 2.24) is 9.88 Å². The first-order valence-electron chi connectivity index (χ1n) is 9.67. The molecule has 1 heterocycles. The number of carbonyl (C=O) groups is 1. The van der Waals surface area contributed by atoms with Crippen LogP contribution in [0.4, 0.5) is 0 Å². The van der Waals surface area contributed by atoms with Gasteiger partial charge in [-0.3, -0.25) is 4.79 Å². The first-order valence-corrected chi connectivity index (χ1v) is 10.6. The number of hydrogen-bond donors (Lipinski definition) is 0. The molecule has 0 N–H and O–H groups in total. The Morgan fingerprint density at radius 1 is 1.11 bits per heavy atom. The molecule has 0 spiro atoms. The molecule has 0 atom stereocenters. The molecule has 2 fully saturated rings. The summed E-state index contributed by atoms with van der Waals surface area (Å²) in [6.45, 7) is 0. The van der Waals surface area contributed by atoms with Crippen LogP contribution >= 0.6 is 11.3 Å². The third kappa shape index (κ3) is 3.95. The molecule has 2 aliphatic carbocycles. The number of amides is 1. The number of carbonyl (C=O) groups excluding carboxylic acids is 1. The average molecular weight is 387 g/mol. The van der Waals surface area contributed by atoms with Gasteiger partial charge in [-0.1, -0.05) is 12.8 Å². The van der Waals surface area contributed by atoms with Crippen LogP contribution in [0.5, 0.6) is 11.5 Å². The van der Waals surface area contributed by atoms with Gasteiger partial charge in [-0.25, -0.2) is 4.98 Å². The number of hydrogen-bond acceptors (Lipinski definition) is 5. The molecule has 5 nitrogen and oxygen atoms in total. The number of benzene rings is 1. The molecule has 27 heavy (non-hydrogen) atoms. The zero-order valence-electron chi connectivity index (χ0n) is 15.9. The third-order valence-corrected chi connectivity index (χ3v) is 6.40. The number of ether oxygens (including phenoxy) is 2. The van der Waals surface area contributed by atoms with Crippen molar-refractivity contribution in [3.63, 3.8) is 0 Å². The summed E-state index contributed by atoms with van der Waals surface area (Å²) in [6, 6.07) is 6.72. The molecule has 144 valence electrons. The van der Waals surface area contributed by atoms with Crippen LogP contribution in [-0.2, 0) is 11.2 Å². The molecular formula is C21H26N2O3S. The van der Waals surface area contributed by atoms with Crippen molar-refractivity contribution in [3.8, 4) is 22.1 Å². The molecule has 2 saturated carbocycles. The molecule has 2 aliphatic rings. The van der Waals surface area contributed by atoms with Crippen molar-refractivity contribution in [2.75, 3.05) is 14.2 Å². The highest BCUT2D eigenvalue weighted by Gasteiger charge is 2.38. The lowest BCUT2D eigenvalue weighted by molar-refractivity contribution is -0.133. The number of nitrogens with zero attached hydrogens (tertiary/aromatic N) is 2. The van der Waals surface area contributed by atoms with E-state index >= 15 is 0 Å². The van der Waals surface area contributed by atoms with Crippen molar-refractivity contribution in [3.05, 3.63) is 29.3 Å². The van der Waals surface area contributed by atoms with Crippen molar-refractivity contribution < 1.29 is 14.3 Å². The van der Waals surface area contributed by atoms with Gasteiger partial charge in [-0.15, -0.1) is 11.3 Å². The molecule has 6 heteroatoms. The summed E-state index contributed by atoms with van der Waals surface area (Å²) in [5.74, 6) is 1.63. The van der Waals surface area contributed by atoms with Gasteiger partial charge in [0, 0.05) is 23.0 Å². The van der Waals surface area contributed by atoms with E-state index in [-0.39, 0.29) is 5.91 Å². The summed E-state index contributed by atoms with van der Waals surface area (Å²) in [5.41, 5.74) is 1.84. The summed E-state index contributed by atoms with van der Waals surface area (Å²) in [7, 11) is 3.25. The van der Waals surface area contributed by atoms with Crippen LogP contribution in [-0.4, -0.2) is 42.1 Å². The standard InChI is InChI=1S/C21H26N2O3S/c1-25-18-10-7-14(11-19(18)26-2)21-22-15(13-27-21)12-20(24)23(17-8-9-17)16-5-3-4-6-16/h7,10-11,13,16-17H,3-6,8-9,12H2,1-2H3. The van der Waals surface area contributed by atoms with Gasteiger partial charge in [-0.2, -0.15) is 0 Å². The predicted octanol–water partition coefficient (Wildman–Crippen LogP) is 4.30. The van der Waals surface area contributed by atoms with Gasteiger partial charge in [0.2, 0.25) is 5.91 Å². The third-order valence-electron chi connectivity index (χ3n) is 5.46. The minimum absolute atomic E-state index is 0.244. The quantitative estimate of drug-likeness (QED) is 0.712. The van der Waals surface area contributed by atoms with Crippen LogP contribution in [0.15, 0.2) is 23.6 Å². The largest absolute Gasteiger partial charge is 0.493 e. The molecule has 0 aliphatic heterocycles. The van der Waals surface area contributed by atoms with Crippen LogP contribution < -0.4 is 9.47 Å². The Bertz CT molecular complexity index is 810. The number of thiazole rings is 1. The van der Waals surface area contributed by atoms with Gasteiger partial charge >= 0.3 is 0 Å². The van der Waals surface area contributed by atoms with E-state index in [1.165, 1.54) is 12.8 Å². The number of aromatic nitrogens is 1. The Labute approximate surface area is 164 Å². The molecule has 1 amide bonds. The molecule has 0 unspecified atom stereocenters. The highest BCUT2D eigenvalue weighted by molar-refractivity contribution is 7.13. The van der Waals surface area contributed by atoms with Crippen LogP contribution in [0.2, 0.25) is 0 Å². The minimum Gasteiger partial charge on any atom is -0.493 e. The molecule has 1 aromatic carbocycles. The van der Waals surface area contributed by atoms with Crippen molar-refractivity contribution in [2.45, 2.75) is 57.0 Å². The first-order chi connectivity index (χ1) is 13.2. The fraction of sp³-hybridized carbons (Fsp3) is 0.524. The van der Waals surface area contributed by atoms with Crippen molar-refractivity contribution >= 4 is 17.2 Å². The van der Waals surface area contributed by atoms with Crippen LogP contribution in [0.25, 0.3) is 10.6 Å². The highest BCUT2D eigenvalue weighted by Crippen LogP contribution is 2.36. The molecular weight excluding hydrogens is 360 g/mol. The Morgan fingerprint density at radius 2 is 1.81 bits per heavy atom. The Kier molecular flexibility index (Phi) is 5.34. The van der Waals surface area contributed by atoms with E-state index in [0.717, 1.165) is 41.9 Å². The van der Waals surface area contributed by atoms with Gasteiger partial charge in [0.25, 0.3) is 0 Å². The van der Waals surface area contributed by atoms with E-state index in [9.17, 15) is 4.79 Å². The van der Waals surface area contributed by atoms with E-state index in [4.69, 9.17) is 14.5 Å². The summed E-state index contributed by atoms with van der Waals surface area (Å²) >= 11 is 1.57. The zero-order chi connectivity index (χ0) is 18.8. The Hall–Kier alpha value is -2.08. The number of rotatable bonds is 7. The van der Waals surface area contributed by atoms with E-state index in [1.54, 1.807) is 25.6 Å². The SMILES string of the molecule is COc1ccc(-c2nc(CC(=O)N(C3CCCC3)C3CC3)cs2)cc1OC. The Balaban J connectivity index is 1.48. The fourth-order valence-electron chi connectivity index (χ4n) is 3.98. The van der Waals surface area contributed by atoms with Crippen LogP contribution in [0.3, 0.4) is 0 Å². The minimum atomic E-state index is 0.244. The molecule has 4 rings (SSSR count). The van der Waals surface area contributed by atoms with E-state index < -0.39 is 0 Å². The predicted molar refractivity (Wildman–Crippen MR) is 106 cm³/mol. The van der Waals surface area contributed by atoms with Crippen molar-refractivity contribution in [1.29, 1.82) is 0 Å². The normalized spacial score (nSPS) is 17.1. The lowest BCUT2D eigenvalue weighted by atomic mass is 10.1. The van der Waals surface area contributed by atoms with Crippen molar-refractivity contribution in [2.24, 2.45) is 0 Å². The maximum atomic E-state index is 13.0.